The highest BCUT2D eigenvalue weighted by molar-refractivity contribution is 7.13. The van der Waals surface area contributed by atoms with Gasteiger partial charge in [0.15, 0.2) is 0 Å². The van der Waals surface area contributed by atoms with E-state index >= 15 is 0 Å². The lowest BCUT2D eigenvalue weighted by Crippen LogP contribution is -2.51. The van der Waals surface area contributed by atoms with Gasteiger partial charge in [0, 0.05) is 5.92 Å². The van der Waals surface area contributed by atoms with E-state index < -0.39 is 23.5 Å². The molecule has 1 atom stereocenters. The Labute approximate surface area is 207 Å². The van der Waals surface area contributed by atoms with Gasteiger partial charge >= 0.3 is 12.1 Å². The zero-order chi connectivity index (χ0) is 25.0. The molecule has 0 spiro atoms. The van der Waals surface area contributed by atoms with Crippen LogP contribution in [-0.4, -0.2) is 40.2 Å². The van der Waals surface area contributed by atoms with Crippen LogP contribution < -0.4 is 10.6 Å². The topological polar surface area (TPSA) is 118 Å². The van der Waals surface area contributed by atoms with E-state index in [9.17, 15) is 19.5 Å². The summed E-state index contributed by atoms with van der Waals surface area (Å²) in [5, 5.41) is 15.2. The number of fused-ring (bicyclic) bond motifs is 3. The van der Waals surface area contributed by atoms with E-state index in [0.717, 1.165) is 33.6 Å². The summed E-state index contributed by atoms with van der Waals surface area (Å²) >= 11 is 1.09. The molecule has 9 heteroatoms. The van der Waals surface area contributed by atoms with Crippen LogP contribution in [0.1, 0.15) is 58.4 Å². The number of hydrogen-bond acceptors (Lipinski definition) is 6. The third kappa shape index (κ3) is 5.19. The zero-order valence-electron chi connectivity index (χ0n) is 19.5. The summed E-state index contributed by atoms with van der Waals surface area (Å²) in [7, 11) is 0. The van der Waals surface area contributed by atoms with Crippen LogP contribution in [0.2, 0.25) is 0 Å². The Hall–Kier alpha value is -3.72. The molecule has 0 fully saturated rings. The van der Waals surface area contributed by atoms with Crippen LogP contribution in [0.4, 0.5) is 4.79 Å². The quantitative estimate of drug-likeness (QED) is 0.402. The molecule has 3 N–H and O–H groups in total. The first-order valence-corrected chi connectivity index (χ1v) is 12.2. The van der Waals surface area contributed by atoms with Gasteiger partial charge in [0.25, 0.3) is 5.91 Å². The maximum Gasteiger partial charge on any atom is 0.407 e. The number of carbonyl (C=O) groups excluding carboxylic acids is 2. The lowest BCUT2D eigenvalue weighted by Gasteiger charge is -2.25. The standard InChI is InChI=1S/C26H27N3O5S/c1-3-12-26(2,24(31)32)29-23(30)21-13-27-22(35-21)14-28-25(33)34-15-20-18-10-6-4-8-16(18)17-9-5-7-11-19(17)20/h4-11,13,20H,3,12,14-15H2,1-2H3,(H,28,33)(H,29,30)(H,31,32). The molecule has 182 valence electrons. The molecule has 3 aromatic rings. The second kappa shape index (κ2) is 10.3. The zero-order valence-corrected chi connectivity index (χ0v) is 20.4. The number of nitrogens with zero attached hydrogens (tertiary/aromatic N) is 1. The van der Waals surface area contributed by atoms with Crippen molar-refractivity contribution in [1.29, 1.82) is 0 Å². The molecular weight excluding hydrogens is 466 g/mol. The number of thiazole rings is 1. The molecule has 35 heavy (non-hydrogen) atoms. The fraction of sp³-hybridized carbons (Fsp3) is 0.308. The molecule has 1 aromatic heterocycles. The Kier molecular flexibility index (Phi) is 7.16. The SMILES string of the molecule is CCCC(C)(NC(=O)c1cnc(CNC(=O)OCC2c3ccccc3-c3ccccc32)s1)C(=O)O. The Bertz CT molecular complexity index is 1210. The van der Waals surface area contributed by atoms with Crippen molar-refractivity contribution in [2.24, 2.45) is 0 Å². The molecule has 0 radical (unpaired) electrons. The highest BCUT2D eigenvalue weighted by atomic mass is 32.1. The van der Waals surface area contributed by atoms with E-state index in [4.69, 9.17) is 4.74 Å². The Morgan fingerprint density at radius 1 is 1.09 bits per heavy atom. The van der Waals surface area contributed by atoms with E-state index in [2.05, 4.69) is 39.9 Å². The van der Waals surface area contributed by atoms with Crippen LogP contribution in [0.3, 0.4) is 0 Å². The number of rotatable bonds is 9. The van der Waals surface area contributed by atoms with Gasteiger partial charge in [-0.1, -0.05) is 61.9 Å². The number of hydrogen-bond donors (Lipinski definition) is 3. The highest BCUT2D eigenvalue weighted by Crippen LogP contribution is 2.44. The van der Waals surface area contributed by atoms with Crippen LogP contribution in [0.25, 0.3) is 11.1 Å². The molecule has 1 unspecified atom stereocenters. The predicted octanol–water partition coefficient (Wildman–Crippen LogP) is 4.56. The molecule has 4 rings (SSSR count). The van der Waals surface area contributed by atoms with Crippen molar-refractivity contribution >= 4 is 29.3 Å². The van der Waals surface area contributed by atoms with Crippen LogP contribution in [0.5, 0.6) is 0 Å². The molecule has 2 aromatic carbocycles. The largest absolute Gasteiger partial charge is 0.480 e. The summed E-state index contributed by atoms with van der Waals surface area (Å²) < 4.78 is 5.52. The number of ether oxygens (including phenoxy) is 1. The van der Waals surface area contributed by atoms with Crippen molar-refractivity contribution in [2.45, 2.75) is 44.7 Å². The van der Waals surface area contributed by atoms with Gasteiger partial charge in [-0.25, -0.2) is 14.6 Å². The first kappa shape index (κ1) is 24.4. The van der Waals surface area contributed by atoms with Crippen LogP contribution >= 0.6 is 11.3 Å². The maximum atomic E-state index is 12.5. The molecular formula is C26H27N3O5S. The number of benzene rings is 2. The van der Waals surface area contributed by atoms with Crippen molar-refractivity contribution in [3.63, 3.8) is 0 Å². The maximum absolute atomic E-state index is 12.5. The normalized spacial score (nSPS) is 13.9. The summed E-state index contributed by atoms with van der Waals surface area (Å²) in [6.07, 6.45) is 1.72. The number of carboxylic acids is 1. The molecule has 0 saturated heterocycles. The molecule has 0 aliphatic heterocycles. The number of carboxylic acid groups (broad SMARTS) is 1. The van der Waals surface area contributed by atoms with Crippen molar-refractivity contribution < 1.29 is 24.2 Å². The number of nitrogens with one attached hydrogen (secondary N) is 2. The van der Waals surface area contributed by atoms with Crippen LogP contribution in [0, 0.1) is 0 Å². The summed E-state index contributed by atoms with van der Waals surface area (Å²) in [5.41, 5.74) is 3.23. The number of aromatic nitrogens is 1. The van der Waals surface area contributed by atoms with E-state index in [0.29, 0.717) is 17.8 Å². The molecule has 0 saturated carbocycles. The molecule has 1 aliphatic rings. The monoisotopic (exact) mass is 493 g/mol. The Balaban J connectivity index is 1.32. The second-order valence-corrected chi connectivity index (χ2v) is 9.75. The number of aliphatic carboxylic acids is 1. The lowest BCUT2D eigenvalue weighted by molar-refractivity contribution is -0.144. The molecule has 1 aliphatic carbocycles. The minimum atomic E-state index is -1.35. The van der Waals surface area contributed by atoms with Gasteiger partial charge in [-0.15, -0.1) is 11.3 Å². The van der Waals surface area contributed by atoms with Crippen molar-refractivity contribution in [2.75, 3.05) is 6.61 Å². The highest BCUT2D eigenvalue weighted by Gasteiger charge is 2.34. The van der Waals surface area contributed by atoms with Gasteiger partial charge in [0.2, 0.25) is 0 Å². The van der Waals surface area contributed by atoms with Gasteiger partial charge in [0.1, 0.15) is 22.0 Å². The predicted molar refractivity (Wildman–Crippen MR) is 132 cm³/mol. The van der Waals surface area contributed by atoms with E-state index in [1.165, 1.54) is 13.1 Å². The van der Waals surface area contributed by atoms with E-state index in [1.54, 1.807) is 0 Å². The number of amides is 2. The van der Waals surface area contributed by atoms with Crippen LogP contribution in [0.15, 0.2) is 54.7 Å². The molecule has 1 heterocycles. The average Bonchev–Trinajstić information content (AvgIpc) is 3.45. The average molecular weight is 494 g/mol. The fourth-order valence-corrected chi connectivity index (χ4v) is 5.08. The minimum absolute atomic E-state index is 0.0324. The molecule has 2 amide bonds. The van der Waals surface area contributed by atoms with E-state index in [-0.39, 0.29) is 23.9 Å². The van der Waals surface area contributed by atoms with Crippen molar-refractivity contribution in [3.8, 4) is 11.1 Å². The first-order valence-electron chi connectivity index (χ1n) is 11.4. The summed E-state index contributed by atoms with van der Waals surface area (Å²) in [6.45, 7) is 3.64. The first-order chi connectivity index (χ1) is 16.8. The lowest BCUT2D eigenvalue weighted by atomic mass is 9.96. The fourth-order valence-electron chi connectivity index (χ4n) is 4.33. The van der Waals surface area contributed by atoms with E-state index in [1.807, 2.05) is 31.2 Å². The number of carbonyl (C=O) groups is 3. The van der Waals surface area contributed by atoms with Crippen molar-refractivity contribution in [3.05, 3.63) is 75.7 Å². The van der Waals surface area contributed by atoms with Gasteiger partial charge in [-0.05, 0) is 35.6 Å². The molecule has 0 bridgehead atoms. The third-order valence-corrected chi connectivity index (χ3v) is 7.11. The van der Waals surface area contributed by atoms with Gasteiger partial charge in [-0.3, -0.25) is 4.79 Å². The third-order valence-electron chi connectivity index (χ3n) is 6.12. The smallest absolute Gasteiger partial charge is 0.407 e. The summed E-state index contributed by atoms with van der Waals surface area (Å²) in [6, 6.07) is 16.2. The Morgan fingerprint density at radius 3 is 2.31 bits per heavy atom. The minimum Gasteiger partial charge on any atom is -0.480 e. The van der Waals surface area contributed by atoms with Gasteiger partial charge < -0.3 is 20.5 Å². The van der Waals surface area contributed by atoms with Crippen molar-refractivity contribution in [1.82, 2.24) is 15.6 Å². The molecule has 8 nitrogen and oxygen atoms in total. The Morgan fingerprint density at radius 2 is 1.71 bits per heavy atom. The number of alkyl carbamates (subject to hydrolysis) is 1. The second-order valence-electron chi connectivity index (χ2n) is 8.64. The summed E-state index contributed by atoms with van der Waals surface area (Å²) in [4.78, 5) is 40.9. The van der Waals surface area contributed by atoms with Gasteiger partial charge in [0.05, 0.1) is 12.7 Å². The summed E-state index contributed by atoms with van der Waals surface area (Å²) in [5.74, 6) is -1.63. The van der Waals surface area contributed by atoms with Crippen LogP contribution in [-0.2, 0) is 16.1 Å². The van der Waals surface area contributed by atoms with Gasteiger partial charge in [-0.2, -0.15) is 0 Å².